The quantitative estimate of drug-likeness (QED) is 0.699. The maximum absolute atomic E-state index is 9.19. The zero-order chi connectivity index (χ0) is 15.9. The molecule has 1 heterocycles. The fourth-order valence-corrected chi connectivity index (χ4v) is 2.71. The summed E-state index contributed by atoms with van der Waals surface area (Å²) in [6, 6.07) is 12.8. The summed E-state index contributed by atoms with van der Waals surface area (Å²) in [6.07, 6.45) is 0. The van der Waals surface area contributed by atoms with Crippen molar-refractivity contribution < 1.29 is 0 Å². The van der Waals surface area contributed by atoms with Crippen molar-refractivity contribution in [3.63, 3.8) is 0 Å². The van der Waals surface area contributed by atoms with Crippen LogP contribution in [-0.4, -0.2) is 9.55 Å². The van der Waals surface area contributed by atoms with Crippen LogP contribution in [0.2, 0.25) is 0 Å². The Morgan fingerprint density at radius 3 is 2.32 bits per heavy atom. The Balaban J connectivity index is 2.30. The van der Waals surface area contributed by atoms with E-state index in [0.29, 0.717) is 6.54 Å². The van der Waals surface area contributed by atoms with Gasteiger partial charge in [-0.2, -0.15) is 5.26 Å². The maximum Gasteiger partial charge on any atom is 0.142 e. The van der Waals surface area contributed by atoms with Crippen molar-refractivity contribution in [1.29, 1.82) is 5.26 Å². The summed E-state index contributed by atoms with van der Waals surface area (Å²) in [4.78, 5) is 4.79. The highest BCUT2D eigenvalue weighted by molar-refractivity contribution is 5.82. The van der Waals surface area contributed by atoms with Gasteiger partial charge in [-0.25, -0.2) is 4.98 Å². The summed E-state index contributed by atoms with van der Waals surface area (Å²) in [5.41, 5.74) is 7.98. The van der Waals surface area contributed by atoms with Crippen LogP contribution in [0.4, 0.5) is 0 Å². The van der Waals surface area contributed by atoms with Gasteiger partial charge >= 0.3 is 0 Å². The van der Waals surface area contributed by atoms with Crippen molar-refractivity contribution in [2.75, 3.05) is 0 Å². The van der Waals surface area contributed by atoms with Crippen molar-refractivity contribution in [1.82, 2.24) is 9.55 Å². The van der Waals surface area contributed by atoms with Crippen LogP contribution in [0.1, 0.15) is 22.3 Å². The fourth-order valence-electron chi connectivity index (χ4n) is 2.71. The molecule has 22 heavy (non-hydrogen) atoms. The summed E-state index contributed by atoms with van der Waals surface area (Å²) in [5, 5.41) is 9.19. The number of fused-ring (bicyclic) bond motifs is 1. The number of rotatable bonds is 2. The molecule has 0 aliphatic heterocycles. The minimum Gasteiger partial charge on any atom is -0.310 e. The molecule has 0 aliphatic rings. The molecule has 0 saturated carbocycles. The normalized spacial score (nSPS) is 10.9. The molecule has 0 radical (unpaired) electrons. The van der Waals surface area contributed by atoms with Gasteiger partial charge in [0.05, 0.1) is 17.1 Å². The van der Waals surface area contributed by atoms with Crippen LogP contribution in [0.3, 0.4) is 0 Å². The zero-order valence-electron chi connectivity index (χ0n) is 13.4. The zero-order valence-corrected chi connectivity index (χ0v) is 13.4. The number of aromatic nitrogens is 2. The highest BCUT2D eigenvalue weighted by Gasteiger charge is 2.14. The predicted molar refractivity (Wildman–Crippen MR) is 89.7 cm³/mol. The van der Waals surface area contributed by atoms with Gasteiger partial charge in [0.25, 0.3) is 0 Å². The molecule has 1 aromatic heterocycles. The molecule has 3 aromatic rings. The van der Waals surface area contributed by atoms with Gasteiger partial charge in [-0.05, 0) is 68.1 Å². The lowest BCUT2D eigenvalue weighted by Crippen LogP contribution is -1.99. The minimum atomic E-state index is 0.307. The average Bonchev–Trinajstić information content (AvgIpc) is 2.81. The molecule has 0 N–H and O–H groups in total. The SMILES string of the molecule is Cc1ccc(-c2nc3cc(C)c(C)cc3n2CC#N)cc1C. The Hall–Kier alpha value is -2.60. The number of aryl methyl sites for hydroxylation is 4. The molecule has 0 aliphatic carbocycles. The van der Waals surface area contributed by atoms with Crippen LogP contribution in [0.5, 0.6) is 0 Å². The van der Waals surface area contributed by atoms with Crippen LogP contribution in [0, 0.1) is 39.0 Å². The Morgan fingerprint density at radius 1 is 0.955 bits per heavy atom. The highest BCUT2D eigenvalue weighted by atomic mass is 15.1. The molecule has 0 fully saturated rings. The standard InChI is InChI=1S/C19H19N3/c1-12-5-6-16(9-13(12)2)19-21-17-10-14(3)15(4)11-18(17)22(19)8-7-20/h5-6,9-11H,8H2,1-4H3. The predicted octanol–water partition coefficient (Wildman–Crippen LogP) is 4.46. The first-order valence-electron chi connectivity index (χ1n) is 7.43. The third-order valence-corrected chi connectivity index (χ3v) is 4.36. The second kappa shape index (κ2) is 5.31. The third kappa shape index (κ3) is 2.27. The molecular weight excluding hydrogens is 270 g/mol. The number of nitrogens with zero attached hydrogens (tertiary/aromatic N) is 3. The summed E-state index contributed by atoms with van der Waals surface area (Å²) in [5.74, 6) is 0.865. The van der Waals surface area contributed by atoms with Crippen LogP contribution in [0.25, 0.3) is 22.4 Å². The van der Waals surface area contributed by atoms with E-state index in [0.717, 1.165) is 22.4 Å². The van der Waals surface area contributed by atoms with Gasteiger partial charge in [-0.1, -0.05) is 12.1 Å². The van der Waals surface area contributed by atoms with E-state index >= 15 is 0 Å². The Kier molecular flexibility index (Phi) is 3.46. The molecule has 0 amide bonds. The van der Waals surface area contributed by atoms with Crippen molar-refractivity contribution in [2.24, 2.45) is 0 Å². The van der Waals surface area contributed by atoms with Gasteiger partial charge in [-0.15, -0.1) is 0 Å². The molecule has 110 valence electrons. The second-order valence-corrected chi connectivity index (χ2v) is 5.90. The lowest BCUT2D eigenvalue weighted by molar-refractivity contribution is 0.869. The van der Waals surface area contributed by atoms with Gasteiger partial charge in [-0.3, -0.25) is 0 Å². The molecule has 0 saturated heterocycles. The molecule has 3 heteroatoms. The Labute approximate surface area is 130 Å². The lowest BCUT2D eigenvalue weighted by atomic mass is 10.1. The molecule has 2 aromatic carbocycles. The van der Waals surface area contributed by atoms with Crippen LogP contribution < -0.4 is 0 Å². The van der Waals surface area contributed by atoms with Crippen molar-refractivity contribution in [3.8, 4) is 17.5 Å². The number of benzene rings is 2. The third-order valence-electron chi connectivity index (χ3n) is 4.36. The largest absolute Gasteiger partial charge is 0.310 e. The molecule has 0 atom stereocenters. The van der Waals surface area contributed by atoms with E-state index in [-0.39, 0.29) is 0 Å². The van der Waals surface area contributed by atoms with E-state index in [4.69, 9.17) is 4.98 Å². The maximum atomic E-state index is 9.19. The molecule has 3 rings (SSSR count). The number of nitriles is 1. The van der Waals surface area contributed by atoms with E-state index in [1.54, 1.807) is 0 Å². The summed E-state index contributed by atoms with van der Waals surface area (Å²) in [6.45, 7) is 8.69. The lowest BCUT2D eigenvalue weighted by Gasteiger charge is -2.07. The minimum absolute atomic E-state index is 0.307. The van der Waals surface area contributed by atoms with E-state index in [2.05, 4.69) is 64.1 Å². The number of imidazole rings is 1. The molecule has 3 nitrogen and oxygen atoms in total. The fraction of sp³-hybridized carbons (Fsp3) is 0.263. The van der Waals surface area contributed by atoms with E-state index in [9.17, 15) is 5.26 Å². The summed E-state index contributed by atoms with van der Waals surface area (Å²) in [7, 11) is 0. The smallest absolute Gasteiger partial charge is 0.142 e. The highest BCUT2D eigenvalue weighted by Crippen LogP contribution is 2.28. The number of hydrogen-bond acceptors (Lipinski definition) is 2. The van der Waals surface area contributed by atoms with Crippen molar-refractivity contribution >= 4 is 11.0 Å². The second-order valence-electron chi connectivity index (χ2n) is 5.90. The monoisotopic (exact) mass is 289 g/mol. The Morgan fingerprint density at radius 2 is 1.64 bits per heavy atom. The first kappa shape index (κ1) is 14.3. The van der Waals surface area contributed by atoms with Gasteiger partial charge in [0, 0.05) is 5.56 Å². The molecule has 0 bridgehead atoms. The van der Waals surface area contributed by atoms with Crippen LogP contribution >= 0.6 is 0 Å². The van der Waals surface area contributed by atoms with Crippen LogP contribution in [-0.2, 0) is 6.54 Å². The summed E-state index contributed by atoms with van der Waals surface area (Å²) >= 11 is 0. The number of hydrogen-bond donors (Lipinski definition) is 0. The van der Waals surface area contributed by atoms with Gasteiger partial charge in [0.2, 0.25) is 0 Å². The average molecular weight is 289 g/mol. The topological polar surface area (TPSA) is 41.6 Å². The van der Waals surface area contributed by atoms with Gasteiger partial charge < -0.3 is 4.57 Å². The van der Waals surface area contributed by atoms with Gasteiger partial charge in [0.15, 0.2) is 0 Å². The van der Waals surface area contributed by atoms with E-state index in [1.165, 1.54) is 22.3 Å². The first-order valence-corrected chi connectivity index (χ1v) is 7.43. The molecular formula is C19H19N3. The Bertz CT molecular complexity index is 911. The van der Waals surface area contributed by atoms with E-state index < -0.39 is 0 Å². The van der Waals surface area contributed by atoms with Crippen LogP contribution in [0.15, 0.2) is 30.3 Å². The molecule has 0 spiro atoms. The van der Waals surface area contributed by atoms with Crippen molar-refractivity contribution in [3.05, 3.63) is 52.6 Å². The van der Waals surface area contributed by atoms with Gasteiger partial charge in [0.1, 0.15) is 12.4 Å². The summed E-state index contributed by atoms with van der Waals surface area (Å²) < 4.78 is 2.01. The first-order chi connectivity index (χ1) is 10.5. The van der Waals surface area contributed by atoms with E-state index in [1.807, 2.05) is 4.57 Å². The molecule has 0 unspecified atom stereocenters. The van der Waals surface area contributed by atoms with Crippen molar-refractivity contribution in [2.45, 2.75) is 34.2 Å².